The first-order valence-electron chi connectivity index (χ1n) is 6.69. The van der Waals surface area contributed by atoms with Crippen molar-refractivity contribution in [2.24, 2.45) is 5.92 Å². The Morgan fingerprint density at radius 1 is 1.26 bits per heavy atom. The Morgan fingerprint density at radius 2 is 1.89 bits per heavy atom. The van der Waals surface area contributed by atoms with Gasteiger partial charge in [0.2, 0.25) is 0 Å². The van der Waals surface area contributed by atoms with Crippen LogP contribution in [0.15, 0.2) is 18.2 Å². The summed E-state index contributed by atoms with van der Waals surface area (Å²) in [6.07, 6.45) is -3.41. The van der Waals surface area contributed by atoms with Crippen molar-refractivity contribution in [3.63, 3.8) is 0 Å². The number of hydrogen-bond acceptors (Lipinski definition) is 1. The van der Waals surface area contributed by atoms with Gasteiger partial charge in [-0.2, -0.15) is 13.2 Å². The molecule has 1 aliphatic rings. The quantitative estimate of drug-likeness (QED) is 0.754. The van der Waals surface area contributed by atoms with E-state index in [1.165, 1.54) is 12.1 Å². The third kappa shape index (κ3) is 2.21. The van der Waals surface area contributed by atoms with Crippen molar-refractivity contribution in [3.8, 4) is 0 Å². The predicted octanol–water partition coefficient (Wildman–Crippen LogP) is 5.04. The number of hydrogen-bond donors (Lipinski definition) is 1. The molecule has 0 aromatic heterocycles. The highest BCUT2D eigenvalue weighted by atomic mass is 19.4. The molecule has 1 heterocycles. The first kappa shape index (κ1) is 14.2. The minimum Gasteiger partial charge on any atom is -0.379 e. The zero-order valence-electron chi connectivity index (χ0n) is 11.7. The van der Waals surface area contributed by atoms with Gasteiger partial charge in [0.05, 0.1) is 5.56 Å². The van der Waals surface area contributed by atoms with Crippen LogP contribution < -0.4 is 5.32 Å². The van der Waals surface area contributed by atoms with Gasteiger partial charge in [-0.25, -0.2) is 0 Å². The molecular weight excluding hydrogens is 251 g/mol. The molecule has 1 N–H and O–H groups in total. The zero-order chi connectivity index (χ0) is 14.4. The number of halogens is 3. The summed E-state index contributed by atoms with van der Waals surface area (Å²) in [5.41, 5.74) is 0.379. The van der Waals surface area contributed by atoms with Gasteiger partial charge in [-0.3, -0.25) is 0 Å². The minimum atomic E-state index is -4.29. The fourth-order valence-corrected chi connectivity index (χ4v) is 3.05. The molecule has 0 aliphatic carbocycles. The normalized spacial score (nSPS) is 30.7. The maximum absolute atomic E-state index is 13.1. The minimum absolute atomic E-state index is 0.112. The molecule has 1 aliphatic heterocycles. The van der Waals surface area contributed by atoms with Crippen LogP contribution in [0.1, 0.15) is 51.2 Å². The first-order chi connectivity index (χ1) is 8.70. The predicted molar refractivity (Wildman–Crippen MR) is 71.3 cm³/mol. The van der Waals surface area contributed by atoms with Gasteiger partial charge >= 0.3 is 6.18 Å². The lowest BCUT2D eigenvalue weighted by atomic mass is 9.70. The van der Waals surface area contributed by atoms with Crippen molar-refractivity contribution in [3.05, 3.63) is 29.3 Å². The summed E-state index contributed by atoms with van der Waals surface area (Å²) in [7, 11) is 0. The van der Waals surface area contributed by atoms with Crippen molar-refractivity contribution >= 4 is 5.69 Å². The molecule has 1 nitrogen and oxygen atoms in total. The van der Waals surface area contributed by atoms with Gasteiger partial charge in [0.25, 0.3) is 0 Å². The van der Waals surface area contributed by atoms with Gasteiger partial charge < -0.3 is 5.32 Å². The van der Waals surface area contributed by atoms with E-state index in [1.54, 1.807) is 6.07 Å². The van der Waals surface area contributed by atoms with Gasteiger partial charge in [0, 0.05) is 11.2 Å². The molecule has 1 aromatic rings. The Hall–Kier alpha value is -1.19. The van der Waals surface area contributed by atoms with Crippen LogP contribution >= 0.6 is 0 Å². The van der Waals surface area contributed by atoms with Crippen LogP contribution in [-0.4, -0.2) is 5.54 Å². The van der Waals surface area contributed by atoms with Crippen LogP contribution in [0.3, 0.4) is 0 Å². The average Bonchev–Trinajstić information content (AvgIpc) is 2.34. The molecule has 106 valence electrons. The highest BCUT2D eigenvalue weighted by Gasteiger charge is 2.43. The number of nitrogens with one attached hydrogen (secondary N) is 1. The van der Waals surface area contributed by atoms with E-state index in [-0.39, 0.29) is 17.4 Å². The second-order valence-electron chi connectivity index (χ2n) is 5.74. The van der Waals surface area contributed by atoms with Crippen LogP contribution in [-0.2, 0) is 6.18 Å². The van der Waals surface area contributed by atoms with Crippen molar-refractivity contribution in [1.82, 2.24) is 0 Å². The van der Waals surface area contributed by atoms with Crippen molar-refractivity contribution in [2.75, 3.05) is 5.32 Å². The van der Waals surface area contributed by atoms with E-state index in [0.29, 0.717) is 11.3 Å². The van der Waals surface area contributed by atoms with Crippen LogP contribution in [0.5, 0.6) is 0 Å². The second kappa shape index (κ2) is 4.43. The lowest BCUT2D eigenvalue weighted by Gasteiger charge is -2.46. The van der Waals surface area contributed by atoms with Gasteiger partial charge in [0.15, 0.2) is 0 Å². The third-order valence-electron chi connectivity index (χ3n) is 4.78. The maximum Gasteiger partial charge on any atom is 0.416 e. The molecule has 0 bridgehead atoms. The number of anilines is 1. The molecular formula is C15H20F3N. The zero-order valence-corrected chi connectivity index (χ0v) is 11.7. The fourth-order valence-electron chi connectivity index (χ4n) is 3.05. The fraction of sp³-hybridized carbons (Fsp3) is 0.600. The molecule has 1 aromatic carbocycles. The second-order valence-corrected chi connectivity index (χ2v) is 5.74. The number of alkyl halides is 3. The summed E-state index contributed by atoms with van der Waals surface area (Å²) in [5, 5.41) is 3.32. The van der Waals surface area contributed by atoms with Gasteiger partial charge in [-0.15, -0.1) is 0 Å². The van der Waals surface area contributed by atoms with Crippen molar-refractivity contribution < 1.29 is 13.2 Å². The van der Waals surface area contributed by atoms with Crippen LogP contribution in [0.4, 0.5) is 18.9 Å². The molecule has 3 atom stereocenters. The third-order valence-corrected chi connectivity index (χ3v) is 4.78. The number of benzene rings is 1. The van der Waals surface area contributed by atoms with E-state index in [1.807, 2.05) is 13.8 Å². The number of rotatable bonds is 1. The van der Waals surface area contributed by atoms with Crippen LogP contribution in [0.25, 0.3) is 0 Å². The Morgan fingerprint density at radius 3 is 2.42 bits per heavy atom. The van der Waals surface area contributed by atoms with E-state index >= 15 is 0 Å². The Kier molecular flexibility index (Phi) is 3.31. The Labute approximate surface area is 112 Å². The molecule has 2 rings (SSSR count). The largest absolute Gasteiger partial charge is 0.416 e. The summed E-state index contributed by atoms with van der Waals surface area (Å²) in [6, 6.07) is 4.41. The first-order valence-corrected chi connectivity index (χ1v) is 6.69. The standard InChI is InChI=1S/C15H20F3N/c1-5-14(4)10(3)9(2)13-11(15(16,17)18)7-6-8-12(13)19-14/h6-10,19H,5H2,1-4H3. The summed E-state index contributed by atoms with van der Waals surface area (Å²) >= 11 is 0. The lowest BCUT2D eigenvalue weighted by Crippen LogP contribution is -2.47. The SMILES string of the molecule is CCC1(C)Nc2cccc(C(F)(F)F)c2C(C)C1C. The summed E-state index contributed by atoms with van der Waals surface area (Å²) in [5.74, 6) is 0.0347. The maximum atomic E-state index is 13.1. The van der Waals surface area contributed by atoms with E-state index in [4.69, 9.17) is 0 Å². The Bertz CT molecular complexity index is 481. The molecule has 3 unspecified atom stereocenters. The van der Waals surface area contributed by atoms with Crippen LogP contribution in [0, 0.1) is 5.92 Å². The molecule has 19 heavy (non-hydrogen) atoms. The molecule has 0 spiro atoms. The molecule has 0 fully saturated rings. The van der Waals surface area contributed by atoms with Crippen LogP contribution in [0.2, 0.25) is 0 Å². The monoisotopic (exact) mass is 271 g/mol. The average molecular weight is 271 g/mol. The number of fused-ring (bicyclic) bond motifs is 1. The highest BCUT2D eigenvalue weighted by molar-refractivity contribution is 5.61. The van der Waals surface area contributed by atoms with E-state index in [2.05, 4.69) is 19.2 Å². The summed E-state index contributed by atoms with van der Waals surface area (Å²) < 4.78 is 39.4. The molecule has 0 amide bonds. The lowest BCUT2D eigenvalue weighted by molar-refractivity contribution is -0.138. The molecule has 0 radical (unpaired) electrons. The van der Waals surface area contributed by atoms with E-state index in [0.717, 1.165) is 6.42 Å². The summed E-state index contributed by atoms with van der Waals surface area (Å²) in [6.45, 7) is 8.07. The van der Waals surface area contributed by atoms with Gasteiger partial charge in [-0.1, -0.05) is 26.8 Å². The molecule has 0 saturated heterocycles. The molecule has 4 heteroatoms. The topological polar surface area (TPSA) is 12.0 Å². The van der Waals surface area contributed by atoms with Crippen molar-refractivity contribution in [1.29, 1.82) is 0 Å². The van der Waals surface area contributed by atoms with Gasteiger partial charge in [-0.05, 0) is 42.9 Å². The van der Waals surface area contributed by atoms with E-state index < -0.39 is 11.7 Å². The van der Waals surface area contributed by atoms with Gasteiger partial charge in [0.1, 0.15) is 0 Å². The summed E-state index contributed by atoms with van der Waals surface area (Å²) in [4.78, 5) is 0. The Balaban J connectivity index is 2.60. The molecule has 0 saturated carbocycles. The van der Waals surface area contributed by atoms with E-state index in [9.17, 15) is 13.2 Å². The highest BCUT2D eigenvalue weighted by Crippen LogP contribution is 2.48. The van der Waals surface area contributed by atoms with Crippen molar-refractivity contribution in [2.45, 2.75) is 51.7 Å². The smallest absolute Gasteiger partial charge is 0.379 e.